The number of ether oxygens (including phenoxy) is 1. The van der Waals surface area contributed by atoms with Crippen molar-refractivity contribution in [3.63, 3.8) is 0 Å². The summed E-state index contributed by atoms with van der Waals surface area (Å²) in [5.74, 6) is -3.66. The van der Waals surface area contributed by atoms with Crippen molar-refractivity contribution < 1.29 is 23.1 Å². The maximum Gasteiger partial charge on any atom is 0.341 e. The summed E-state index contributed by atoms with van der Waals surface area (Å²) in [6.07, 6.45) is 0. The third kappa shape index (κ3) is 5.32. The first kappa shape index (κ1) is 19.9. The lowest BCUT2D eigenvalue weighted by Gasteiger charge is -2.08. The molecular weight excluding hydrogens is 378 g/mol. The molecule has 29 heavy (non-hydrogen) atoms. The third-order valence-corrected chi connectivity index (χ3v) is 3.87. The maximum atomic E-state index is 13.6. The van der Waals surface area contributed by atoms with Crippen LogP contribution in [0.1, 0.15) is 21.5 Å². The number of esters is 1. The second-order valence-electron chi connectivity index (χ2n) is 5.93. The summed E-state index contributed by atoms with van der Waals surface area (Å²) in [6.45, 7) is -0.671. The second-order valence-corrected chi connectivity index (χ2v) is 5.93. The molecule has 0 aliphatic carbocycles. The maximum absolute atomic E-state index is 13.6. The van der Waals surface area contributed by atoms with Crippen LogP contribution < -0.4 is 5.43 Å². The number of amides is 1. The minimum atomic E-state index is -1.08. The minimum absolute atomic E-state index is 0.461. The van der Waals surface area contributed by atoms with Crippen molar-refractivity contribution in [2.75, 3.05) is 6.61 Å². The van der Waals surface area contributed by atoms with E-state index in [-0.39, 0.29) is 0 Å². The summed E-state index contributed by atoms with van der Waals surface area (Å²) >= 11 is 0. The number of nitrogens with one attached hydrogen (secondary N) is 1. The second kappa shape index (κ2) is 9.36. The molecule has 3 aromatic carbocycles. The van der Waals surface area contributed by atoms with Gasteiger partial charge in [0.2, 0.25) is 0 Å². The van der Waals surface area contributed by atoms with Crippen LogP contribution in [0.5, 0.6) is 0 Å². The highest BCUT2D eigenvalue weighted by Gasteiger charge is 2.15. The summed E-state index contributed by atoms with van der Waals surface area (Å²) in [5, 5.41) is 4.15. The highest BCUT2D eigenvalue weighted by Crippen LogP contribution is 2.12. The van der Waals surface area contributed by atoms with Crippen LogP contribution in [0.2, 0.25) is 0 Å². The van der Waals surface area contributed by atoms with E-state index in [9.17, 15) is 18.4 Å². The Morgan fingerprint density at radius 3 is 2.00 bits per heavy atom. The quantitative estimate of drug-likeness (QED) is 0.394. The van der Waals surface area contributed by atoms with E-state index in [4.69, 9.17) is 4.74 Å². The summed E-state index contributed by atoms with van der Waals surface area (Å²) in [5.41, 5.74) is 3.95. The van der Waals surface area contributed by atoms with Gasteiger partial charge in [-0.2, -0.15) is 5.10 Å². The fourth-order valence-electron chi connectivity index (χ4n) is 2.50. The molecule has 0 saturated heterocycles. The Balaban J connectivity index is 1.68. The lowest BCUT2D eigenvalue weighted by Crippen LogP contribution is -2.26. The van der Waals surface area contributed by atoms with Gasteiger partial charge in [0.15, 0.2) is 6.61 Å². The molecule has 0 radical (unpaired) electrons. The lowest BCUT2D eigenvalue weighted by molar-refractivity contribution is -0.124. The van der Waals surface area contributed by atoms with Crippen LogP contribution in [-0.4, -0.2) is 24.2 Å². The van der Waals surface area contributed by atoms with E-state index in [1.165, 1.54) is 0 Å². The molecular formula is C22H16F2N2O3. The molecule has 0 aliphatic heterocycles. The van der Waals surface area contributed by atoms with E-state index < -0.39 is 35.7 Å². The number of halogens is 2. The van der Waals surface area contributed by atoms with Crippen LogP contribution in [0.3, 0.4) is 0 Å². The largest absolute Gasteiger partial charge is 0.452 e. The van der Waals surface area contributed by atoms with Gasteiger partial charge in [0.25, 0.3) is 5.91 Å². The first-order valence-corrected chi connectivity index (χ1v) is 8.64. The molecule has 0 heterocycles. The number of hydrazone groups is 1. The van der Waals surface area contributed by atoms with E-state index >= 15 is 0 Å². The van der Waals surface area contributed by atoms with E-state index in [0.717, 1.165) is 23.3 Å². The van der Waals surface area contributed by atoms with E-state index in [1.54, 1.807) is 0 Å². The Morgan fingerprint density at radius 2 is 1.45 bits per heavy atom. The molecule has 0 bridgehead atoms. The van der Waals surface area contributed by atoms with Gasteiger partial charge in [-0.15, -0.1) is 0 Å². The van der Waals surface area contributed by atoms with Crippen LogP contribution >= 0.6 is 0 Å². The monoisotopic (exact) mass is 394 g/mol. The number of carbonyl (C=O) groups excluding carboxylic acids is 2. The lowest BCUT2D eigenvalue weighted by atomic mass is 10.0. The summed E-state index contributed by atoms with van der Waals surface area (Å²) in [4.78, 5) is 23.9. The highest BCUT2D eigenvalue weighted by molar-refractivity contribution is 6.13. The number of benzene rings is 3. The zero-order chi connectivity index (χ0) is 20.6. The molecule has 0 spiro atoms. The Hall–Kier alpha value is -3.87. The number of hydrogen-bond donors (Lipinski definition) is 1. The Morgan fingerprint density at radius 1 is 0.862 bits per heavy atom. The standard InChI is InChI=1S/C22H16F2N2O3/c23-17-11-12-18(19(24)13-17)22(28)29-14-20(27)25-26-21(15-7-3-1-4-8-15)16-9-5-2-6-10-16/h1-13H,14H2,(H,25,27). The van der Waals surface area contributed by atoms with Crippen molar-refractivity contribution in [3.05, 3.63) is 107 Å². The molecule has 0 atom stereocenters. The van der Waals surface area contributed by atoms with E-state index in [2.05, 4.69) is 10.5 Å². The Labute approximate surface area is 165 Å². The number of hydrogen-bond acceptors (Lipinski definition) is 4. The van der Waals surface area contributed by atoms with E-state index in [0.29, 0.717) is 11.8 Å². The average molecular weight is 394 g/mol. The molecule has 3 rings (SSSR count). The average Bonchev–Trinajstić information content (AvgIpc) is 2.74. The molecule has 1 amide bonds. The predicted molar refractivity (Wildman–Crippen MR) is 103 cm³/mol. The van der Waals surface area contributed by atoms with Crippen molar-refractivity contribution in [3.8, 4) is 0 Å². The van der Waals surface area contributed by atoms with Crippen molar-refractivity contribution in [1.82, 2.24) is 5.43 Å². The number of rotatable bonds is 6. The summed E-state index contributed by atoms with van der Waals surface area (Å²) in [7, 11) is 0. The number of nitrogens with zero attached hydrogens (tertiary/aromatic N) is 1. The normalized spacial score (nSPS) is 10.1. The molecule has 0 aliphatic rings. The van der Waals surface area contributed by atoms with Crippen molar-refractivity contribution >= 4 is 17.6 Å². The summed E-state index contributed by atoms with van der Waals surface area (Å²) < 4.78 is 31.3. The van der Waals surface area contributed by atoms with Gasteiger partial charge < -0.3 is 4.74 Å². The van der Waals surface area contributed by atoms with Gasteiger partial charge in [-0.05, 0) is 12.1 Å². The van der Waals surface area contributed by atoms with Gasteiger partial charge in [-0.25, -0.2) is 19.0 Å². The molecule has 0 fully saturated rings. The first-order valence-electron chi connectivity index (χ1n) is 8.64. The molecule has 1 N–H and O–H groups in total. The fourth-order valence-corrected chi connectivity index (χ4v) is 2.50. The van der Waals surface area contributed by atoms with Crippen molar-refractivity contribution in [1.29, 1.82) is 0 Å². The van der Waals surface area contributed by atoms with Gasteiger partial charge in [-0.1, -0.05) is 60.7 Å². The topological polar surface area (TPSA) is 67.8 Å². The van der Waals surface area contributed by atoms with Crippen LogP contribution in [0.15, 0.2) is 84.0 Å². The SMILES string of the molecule is O=C(COC(=O)c1ccc(F)cc1F)NN=C(c1ccccc1)c1ccccc1. The van der Waals surface area contributed by atoms with Crippen LogP contribution in [0.4, 0.5) is 8.78 Å². The Kier molecular flexibility index (Phi) is 6.42. The van der Waals surface area contributed by atoms with E-state index in [1.807, 2.05) is 60.7 Å². The molecule has 7 heteroatoms. The van der Waals surface area contributed by atoms with Gasteiger partial charge in [0, 0.05) is 17.2 Å². The first-order chi connectivity index (χ1) is 14.0. The van der Waals surface area contributed by atoms with Gasteiger partial charge in [0.1, 0.15) is 11.6 Å². The Bertz CT molecular complexity index is 997. The minimum Gasteiger partial charge on any atom is -0.452 e. The third-order valence-electron chi connectivity index (χ3n) is 3.87. The van der Waals surface area contributed by atoms with Crippen LogP contribution in [0.25, 0.3) is 0 Å². The fraction of sp³-hybridized carbons (Fsp3) is 0.0455. The summed E-state index contributed by atoms with van der Waals surface area (Å²) in [6, 6.07) is 20.9. The van der Waals surface area contributed by atoms with Crippen LogP contribution in [-0.2, 0) is 9.53 Å². The van der Waals surface area contributed by atoms with Gasteiger partial charge >= 0.3 is 5.97 Å². The molecule has 3 aromatic rings. The van der Waals surface area contributed by atoms with Crippen LogP contribution in [0, 0.1) is 11.6 Å². The zero-order valence-electron chi connectivity index (χ0n) is 15.1. The molecule has 0 unspecified atom stereocenters. The smallest absolute Gasteiger partial charge is 0.341 e. The molecule has 146 valence electrons. The van der Waals surface area contributed by atoms with Gasteiger partial charge in [0.05, 0.1) is 11.3 Å². The molecule has 5 nitrogen and oxygen atoms in total. The zero-order valence-corrected chi connectivity index (χ0v) is 15.1. The van der Waals surface area contributed by atoms with Crippen molar-refractivity contribution in [2.24, 2.45) is 5.10 Å². The van der Waals surface area contributed by atoms with Gasteiger partial charge in [-0.3, -0.25) is 4.79 Å². The molecule has 0 aromatic heterocycles. The number of carbonyl (C=O) groups is 2. The molecule has 0 saturated carbocycles. The highest BCUT2D eigenvalue weighted by atomic mass is 19.1. The van der Waals surface area contributed by atoms with Crippen molar-refractivity contribution in [2.45, 2.75) is 0 Å². The predicted octanol–water partition coefficient (Wildman–Crippen LogP) is 3.69.